The quantitative estimate of drug-likeness (QED) is 0.800. The van der Waals surface area contributed by atoms with E-state index in [1.807, 2.05) is 0 Å². The second kappa shape index (κ2) is 3.86. The van der Waals surface area contributed by atoms with Gasteiger partial charge >= 0.3 is 0 Å². The highest BCUT2D eigenvalue weighted by Crippen LogP contribution is 2.24. The van der Waals surface area contributed by atoms with Gasteiger partial charge in [-0.2, -0.15) is 0 Å². The van der Waals surface area contributed by atoms with Crippen LogP contribution in [0.25, 0.3) is 0 Å². The Labute approximate surface area is 91.6 Å². The number of anilines is 1. The topological polar surface area (TPSA) is 21.3 Å². The molecule has 1 aromatic rings. The summed E-state index contributed by atoms with van der Waals surface area (Å²) in [6.07, 6.45) is 0. The highest BCUT2D eigenvalue weighted by atomic mass is 16.5. The summed E-state index contributed by atoms with van der Waals surface area (Å²) < 4.78 is 5.39. The van der Waals surface area contributed by atoms with E-state index in [0.717, 1.165) is 19.8 Å². The molecule has 2 heteroatoms. The van der Waals surface area contributed by atoms with Crippen molar-refractivity contribution in [2.75, 3.05) is 11.9 Å². The van der Waals surface area contributed by atoms with Gasteiger partial charge in [-0.15, -0.1) is 0 Å². The average Bonchev–Trinajstić information content (AvgIpc) is 2.60. The zero-order valence-corrected chi connectivity index (χ0v) is 9.76. The fourth-order valence-electron chi connectivity index (χ4n) is 1.65. The Morgan fingerprint density at radius 1 is 1.20 bits per heavy atom. The molecule has 2 nitrogen and oxygen atoms in total. The van der Waals surface area contributed by atoms with Crippen LogP contribution in [0.15, 0.2) is 18.2 Å². The van der Waals surface area contributed by atoms with E-state index in [1.54, 1.807) is 0 Å². The molecule has 0 bridgehead atoms. The largest absolute Gasteiger partial charge is 0.385 e. The molecular weight excluding hydrogens is 186 g/mol. The zero-order valence-electron chi connectivity index (χ0n) is 9.76. The molecule has 1 aliphatic heterocycles. The predicted octanol–water partition coefficient (Wildman–Crippen LogP) is 3.17. The highest BCUT2D eigenvalue weighted by Gasteiger charge is 2.13. The number of benzene rings is 1. The molecule has 0 amide bonds. The first-order chi connectivity index (χ1) is 7.04. The maximum Gasteiger partial charge on any atom is 0.0725 e. The van der Waals surface area contributed by atoms with E-state index in [1.165, 1.54) is 16.8 Å². The molecule has 0 fully saturated rings. The lowest BCUT2D eigenvalue weighted by atomic mass is 9.97. The monoisotopic (exact) mass is 205 g/mol. The van der Waals surface area contributed by atoms with Crippen LogP contribution in [0, 0.1) is 5.41 Å². The van der Waals surface area contributed by atoms with Crippen LogP contribution < -0.4 is 5.32 Å². The van der Waals surface area contributed by atoms with Crippen LogP contribution in [0.3, 0.4) is 0 Å². The van der Waals surface area contributed by atoms with E-state index in [2.05, 4.69) is 44.3 Å². The van der Waals surface area contributed by atoms with Gasteiger partial charge < -0.3 is 10.1 Å². The Bertz CT molecular complexity index is 352. The minimum atomic E-state index is 0.315. The number of hydrogen-bond donors (Lipinski definition) is 1. The first kappa shape index (κ1) is 10.5. The van der Waals surface area contributed by atoms with Crippen molar-refractivity contribution in [1.29, 1.82) is 0 Å². The number of rotatable bonds is 2. The van der Waals surface area contributed by atoms with Gasteiger partial charge in [0, 0.05) is 12.2 Å². The molecule has 2 rings (SSSR count). The summed E-state index contributed by atoms with van der Waals surface area (Å²) in [7, 11) is 0. The van der Waals surface area contributed by atoms with Crippen LogP contribution in [0.4, 0.5) is 5.69 Å². The normalized spacial score (nSPS) is 15.1. The van der Waals surface area contributed by atoms with Crippen molar-refractivity contribution in [3.63, 3.8) is 0 Å². The molecule has 0 aliphatic carbocycles. The molecule has 0 unspecified atom stereocenters. The Morgan fingerprint density at radius 2 is 1.93 bits per heavy atom. The lowest BCUT2D eigenvalue weighted by molar-refractivity contribution is 0.134. The van der Waals surface area contributed by atoms with Crippen molar-refractivity contribution < 1.29 is 4.74 Å². The smallest absolute Gasteiger partial charge is 0.0725 e. The van der Waals surface area contributed by atoms with Crippen molar-refractivity contribution in [2.45, 2.75) is 34.0 Å². The number of fused-ring (bicyclic) bond motifs is 1. The summed E-state index contributed by atoms with van der Waals surface area (Å²) >= 11 is 0. The molecule has 15 heavy (non-hydrogen) atoms. The summed E-state index contributed by atoms with van der Waals surface area (Å²) in [4.78, 5) is 0. The van der Waals surface area contributed by atoms with Crippen LogP contribution >= 0.6 is 0 Å². The van der Waals surface area contributed by atoms with E-state index < -0.39 is 0 Å². The fraction of sp³-hybridized carbons (Fsp3) is 0.538. The van der Waals surface area contributed by atoms with Crippen molar-refractivity contribution in [1.82, 2.24) is 0 Å². The fourth-order valence-corrected chi connectivity index (χ4v) is 1.65. The van der Waals surface area contributed by atoms with Gasteiger partial charge in [-0.05, 0) is 28.7 Å². The van der Waals surface area contributed by atoms with E-state index in [9.17, 15) is 0 Å². The summed E-state index contributed by atoms with van der Waals surface area (Å²) in [5.41, 5.74) is 4.18. The van der Waals surface area contributed by atoms with Gasteiger partial charge in [0.05, 0.1) is 13.2 Å². The molecule has 0 spiro atoms. The van der Waals surface area contributed by atoms with Gasteiger partial charge in [-0.1, -0.05) is 26.8 Å². The van der Waals surface area contributed by atoms with Gasteiger partial charge in [0.2, 0.25) is 0 Å². The molecule has 0 radical (unpaired) electrons. The third-order valence-electron chi connectivity index (χ3n) is 2.54. The average molecular weight is 205 g/mol. The van der Waals surface area contributed by atoms with Gasteiger partial charge in [0.25, 0.3) is 0 Å². The Balaban J connectivity index is 2.04. The van der Waals surface area contributed by atoms with Crippen molar-refractivity contribution in [3.05, 3.63) is 29.3 Å². The molecule has 1 aliphatic rings. The minimum Gasteiger partial charge on any atom is -0.385 e. The Kier molecular flexibility index (Phi) is 2.70. The third kappa shape index (κ3) is 2.72. The van der Waals surface area contributed by atoms with E-state index >= 15 is 0 Å². The molecule has 0 saturated heterocycles. The van der Waals surface area contributed by atoms with Crippen LogP contribution in [0.1, 0.15) is 31.9 Å². The lowest BCUT2D eigenvalue weighted by Gasteiger charge is -2.19. The molecule has 1 heterocycles. The van der Waals surface area contributed by atoms with Crippen LogP contribution in [0.2, 0.25) is 0 Å². The molecule has 0 atom stereocenters. The van der Waals surface area contributed by atoms with Crippen molar-refractivity contribution >= 4 is 5.69 Å². The zero-order chi connectivity index (χ0) is 10.9. The lowest BCUT2D eigenvalue weighted by Crippen LogP contribution is -2.19. The number of nitrogens with one attached hydrogen (secondary N) is 1. The van der Waals surface area contributed by atoms with Crippen LogP contribution in [0.5, 0.6) is 0 Å². The second-order valence-electron chi connectivity index (χ2n) is 5.39. The second-order valence-corrected chi connectivity index (χ2v) is 5.39. The maximum absolute atomic E-state index is 5.39. The standard InChI is InChI=1S/C13H19NO/c1-13(2,3)9-14-12-5-4-10-7-15-8-11(10)6-12/h4-6,14H,7-9H2,1-3H3. The van der Waals surface area contributed by atoms with Crippen LogP contribution in [-0.2, 0) is 18.0 Å². The summed E-state index contributed by atoms with van der Waals surface area (Å²) in [5, 5.41) is 3.46. The first-order valence-corrected chi connectivity index (χ1v) is 5.48. The first-order valence-electron chi connectivity index (χ1n) is 5.48. The van der Waals surface area contributed by atoms with Gasteiger partial charge in [-0.25, -0.2) is 0 Å². The van der Waals surface area contributed by atoms with E-state index in [0.29, 0.717) is 5.41 Å². The third-order valence-corrected chi connectivity index (χ3v) is 2.54. The molecule has 82 valence electrons. The van der Waals surface area contributed by atoms with Gasteiger partial charge in [-0.3, -0.25) is 0 Å². The van der Waals surface area contributed by atoms with E-state index in [4.69, 9.17) is 4.74 Å². The van der Waals surface area contributed by atoms with Crippen molar-refractivity contribution in [2.24, 2.45) is 5.41 Å². The highest BCUT2D eigenvalue weighted by molar-refractivity contribution is 5.49. The van der Waals surface area contributed by atoms with Gasteiger partial charge in [0.1, 0.15) is 0 Å². The van der Waals surface area contributed by atoms with Crippen molar-refractivity contribution in [3.8, 4) is 0 Å². The summed E-state index contributed by atoms with van der Waals surface area (Å²) in [6.45, 7) is 9.23. The number of hydrogen-bond acceptors (Lipinski definition) is 2. The maximum atomic E-state index is 5.39. The minimum absolute atomic E-state index is 0.315. The molecule has 1 N–H and O–H groups in total. The SMILES string of the molecule is CC(C)(C)CNc1ccc2c(c1)COC2. The Morgan fingerprint density at radius 3 is 2.67 bits per heavy atom. The van der Waals surface area contributed by atoms with Gasteiger partial charge in [0.15, 0.2) is 0 Å². The van der Waals surface area contributed by atoms with Crippen LogP contribution in [-0.4, -0.2) is 6.54 Å². The molecule has 0 saturated carbocycles. The predicted molar refractivity (Wildman–Crippen MR) is 62.9 cm³/mol. The van der Waals surface area contributed by atoms with E-state index in [-0.39, 0.29) is 0 Å². The summed E-state index contributed by atoms with van der Waals surface area (Å²) in [6, 6.07) is 6.50. The molecular formula is C13H19NO. The molecule has 1 aromatic carbocycles. The molecule has 0 aromatic heterocycles. The Hall–Kier alpha value is -1.02. The number of ether oxygens (including phenoxy) is 1. The summed E-state index contributed by atoms with van der Waals surface area (Å²) in [5.74, 6) is 0.